The van der Waals surface area contributed by atoms with Crippen molar-refractivity contribution < 1.29 is 13.9 Å². The molecule has 7 nitrogen and oxygen atoms in total. The molecule has 2 aromatic rings. The van der Waals surface area contributed by atoms with Crippen LogP contribution in [0.3, 0.4) is 0 Å². The summed E-state index contributed by atoms with van der Waals surface area (Å²) in [5, 5.41) is 13.0. The van der Waals surface area contributed by atoms with Gasteiger partial charge in [-0.25, -0.2) is 4.79 Å². The number of hydrogen-bond acceptors (Lipinski definition) is 5. The summed E-state index contributed by atoms with van der Waals surface area (Å²) < 4.78 is 10.6. The van der Waals surface area contributed by atoms with Crippen molar-refractivity contribution >= 4 is 11.7 Å². The average Bonchev–Trinajstić information content (AvgIpc) is 3.09. The van der Waals surface area contributed by atoms with Crippen LogP contribution in [0.2, 0.25) is 0 Å². The number of anilines is 1. The van der Waals surface area contributed by atoms with Crippen LogP contribution >= 0.6 is 0 Å². The molecule has 0 spiro atoms. The highest BCUT2D eigenvalue weighted by atomic mass is 16.5. The Bertz CT molecular complexity index is 587. The zero-order chi connectivity index (χ0) is 16.3. The summed E-state index contributed by atoms with van der Waals surface area (Å²) in [6.45, 7) is 4.14. The lowest BCUT2D eigenvalue weighted by molar-refractivity contribution is 0.129. The van der Waals surface area contributed by atoms with Crippen molar-refractivity contribution in [2.45, 2.75) is 26.2 Å². The molecule has 0 aliphatic carbocycles. The fourth-order valence-corrected chi connectivity index (χ4v) is 1.93. The first-order valence-corrected chi connectivity index (χ1v) is 7.79. The van der Waals surface area contributed by atoms with Gasteiger partial charge in [0.15, 0.2) is 0 Å². The topological polar surface area (TPSA) is 89.3 Å². The van der Waals surface area contributed by atoms with E-state index in [9.17, 15) is 4.79 Å². The summed E-state index contributed by atoms with van der Waals surface area (Å²) in [7, 11) is 0. The van der Waals surface area contributed by atoms with Crippen molar-refractivity contribution in [1.29, 1.82) is 0 Å². The minimum Gasteiger partial charge on any atom is -0.423 e. The van der Waals surface area contributed by atoms with Crippen molar-refractivity contribution in [2.24, 2.45) is 0 Å². The molecule has 124 valence electrons. The molecular weight excluding hydrogens is 296 g/mol. The highest BCUT2D eigenvalue weighted by Gasteiger charge is 2.06. The number of aromatic nitrogens is 2. The number of nitrogens with one attached hydrogen (secondary N) is 2. The number of rotatable bonds is 9. The molecule has 1 heterocycles. The zero-order valence-corrected chi connectivity index (χ0v) is 13.2. The lowest BCUT2D eigenvalue weighted by Crippen LogP contribution is -2.30. The Hall–Kier alpha value is -2.41. The van der Waals surface area contributed by atoms with Crippen LogP contribution < -0.4 is 10.6 Å². The molecule has 0 bridgehead atoms. The van der Waals surface area contributed by atoms with Gasteiger partial charge in [-0.15, -0.1) is 10.2 Å². The Morgan fingerprint density at radius 2 is 2.17 bits per heavy atom. The van der Waals surface area contributed by atoms with E-state index in [0.29, 0.717) is 24.7 Å². The normalized spacial score (nSPS) is 10.5. The summed E-state index contributed by atoms with van der Waals surface area (Å²) in [6.07, 6.45) is 4.26. The van der Waals surface area contributed by atoms with Crippen molar-refractivity contribution in [2.75, 3.05) is 25.1 Å². The summed E-state index contributed by atoms with van der Waals surface area (Å²) >= 11 is 0. The van der Waals surface area contributed by atoms with Gasteiger partial charge in [0.2, 0.25) is 12.3 Å². The molecule has 7 heteroatoms. The van der Waals surface area contributed by atoms with Crippen LogP contribution in [0.15, 0.2) is 35.1 Å². The number of amides is 2. The van der Waals surface area contributed by atoms with E-state index in [4.69, 9.17) is 9.15 Å². The van der Waals surface area contributed by atoms with Gasteiger partial charge >= 0.3 is 6.03 Å². The third-order valence-electron chi connectivity index (χ3n) is 3.12. The number of nitrogens with zero attached hydrogens (tertiary/aromatic N) is 2. The Morgan fingerprint density at radius 3 is 2.96 bits per heavy atom. The van der Waals surface area contributed by atoms with Crippen LogP contribution in [0.1, 0.15) is 26.2 Å². The molecule has 0 radical (unpaired) electrons. The quantitative estimate of drug-likeness (QED) is 0.694. The van der Waals surface area contributed by atoms with E-state index in [-0.39, 0.29) is 6.03 Å². The van der Waals surface area contributed by atoms with Gasteiger partial charge < -0.3 is 19.8 Å². The van der Waals surface area contributed by atoms with Crippen molar-refractivity contribution in [3.05, 3.63) is 30.7 Å². The van der Waals surface area contributed by atoms with Gasteiger partial charge in [0, 0.05) is 31.0 Å². The largest absolute Gasteiger partial charge is 0.423 e. The Morgan fingerprint density at radius 1 is 1.30 bits per heavy atom. The van der Waals surface area contributed by atoms with E-state index in [1.54, 1.807) is 12.1 Å². The maximum atomic E-state index is 11.8. The smallest absolute Gasteiger partial charge is 0.319 e. The average molecular weight is 318 g/mol. The molecule has 0 saturated heterocycles. The monoisotopic (exact) mass is 318 g/mol. The number of urea groups is 1. The second-order valence-electron chi connectivity index (χ2n) is 5.03. The maximum Gasteiger partial charge on any atom is 0.319 e. The molecule has 2 rings (SSSR count). The lowest BCUT2D eigenvalue weighted by atomic mass is 10.2. The Kier molecular flexibility index (Phi) is 7.06. The number of carbonyl (C=O) groups is 1. The highest BCUT2D eigenvalue weighted by Crippen LogP contribution is 2.20. The minimum atomic E-state index is -0.249. The number of benzene rings is 1. The van der Waals surface area contributed by atoms with Crippen molar-refractivity contribution in [3.63, 3.8) is 0 Å². The molecule has 0 aliphatic heterocycles. The van der Waals surface area contributed by atoms with E-state index >= 15 is 0 Å². The molecule has 23 heavy (non-hydrogen) atoms. The predicted molar refractivity (Wildman–Crippen MR) is 87.1 cm³/mol. The third-order valence-corrected chi connectivity index (χ3v) is 3.12. The standard InChI is InChI=1S/C16H22N4O3/c1-2-3-9-22-10-5-8-17-16(21)19-14-7-4-6-13(11-14)15-20-18-12-23-15/h4,6-7,11-12H,2-3,5,8-10H2,1H3,(H2,17,19,21). The predicted octanol–water partition coefficient (Wildman–Crippen LogP) is 3.06. The number of hydrogen-bond donors (Lipinski definition) is 2. The minimum absolute atomic E-state index is 0.249. The molecule has 0 fully saturated rings. The second-order valence-corrected chi connectivity index (χ2v) is 5.03. The summed E-state index contributed by atoms with van der Waals surface area (Å²) in [5.41, 5.74) is 1.42. The van der Waals surface area contributed by atoms with Crippen LogP contribution in [0.25, 0.3) is 11.5 Å². The van der Waals surface area contributed by atoms with E-state index in [2.05, 4.69) is 27.8 Å². The number of carbonyl (C=O) groups excluding carboxylic acids is 1. The zero-order valence-electron chi connectivity index (χ0n) is 13.2. The van der Waals surface area contributed by atoms with Crippen LogP contribution in [-0.2, 0) is 4.74 Å². The number of ether oxygens (including phenoxy) is 1. The molecule has 1 aromatic heterocycles. The number of unbranched alkanes of at least 4 members (excludes halogenated alkanes) is 1. The second kappa shape index (κ2) is 9.58. The molecular formula is C16H22N4O3. The molecule has 0 unspecified atom stereocenters. The summed E-state index contributed by atoms with van der Waals surface area (Å²) in [4.78, 5) is 11.8. The van der Waals surface area contributed by atoms with Gasteiger partial charge in [-0.2, -0.15) is 0 Å². The first-order valence-electron chi connectivity index (χ1n) is 7.79. The SMILES string of the molecule is CCCCOCCCNC(=O)Nc1cccc(-c2nnco2)c1. The fourth-order valence-electron chi connectivity index (χ4n) is 1.93. The first kappa shape index (κ1) is 17.0. The van der Waals surface area contributed by atoms with Gasteiger partial charge in [-0.05, 0) is 31.0 Å². The molecule has 0 atom stereocenters. The van der Waals surface area contributed by atoms with E-state index in [1.807, 2.05) is 12.1 Å². The third kappa shape index (κ3) is 6.07. The van der Waals surface area contributed by atoms with Gasteiger partial charge in [0.05, 0.1) is 0 Å². The van der Waals surface area contributed by atoms with Crippen LogP contribution in [0.5, 0.6) is 0 Å². The van der Waals surface area contributed by atoms with Gasteiger partial charge in [-0.1, -0.05) is 19.4 Å². The van der Waals surface area contributed by atoms with Crippen LogP contribution in [0.4, 0.5) is 10.5 Å². The summed E-state index contributed by atoms with van der Waals surface area (Å²) in [5.74, 6) is 0.415. The fraction of sp³-hybridized carbons (Fsp3) is 0.438. The Labute approximate surface area is 135 Å². The van der Waals surface area contributed by atoms with E-state index in [0.717, 1.165) is 31.4 Å². The lowest BCUT2D eigenvalue weighted by Gasteiger charge is -2.08. The molecule has 1 aromatic carbocycles. The van der Waals surface area contributed by atoms with Gasteiger partial charge in [0.1, 0.15) is 0 Å². The molecule has 2 amide bonds. The van der Waals surface area contributed by atoms with Crippen LogP contribution in [0, 0.1) is 0 Å². The van der Waals surface area contributed by atoms with Crippen molar-refractivity contribution in [3.8, 4) is 11.5 Å². The Balaban J connectivity index is 1.70. The van der Waals surface area contributed by atoms with Crippen LogP contribution in [-0.4, -0.2) is 36.0 Å². The van der Waals surface area contributed by atoms with Gasteiger partial charge in [0.25, 0.3) is 0 Å². The van der Waals surface area contributed by atoms with Gasteiger partial charge in [-0.3, -0.25) is 0 Å². The van der Waals surface area contributed by atoms with E-state index in [1.165, 1.54) is 6.39 Å². The molecule has 2 N–H and O–H groups in total. The first-order chi connectivity index (χ1) is 11.3. The van der Waals surface area contributed by atoms with Crippen molar-refractivity contribution in [1.82, 2.24) is 15.5 Å². The maximum absolute atomic E-state index is 11.8. The molecule has 0 saturated carbocycles. The summed E-state index contributed by atoms with van der Waals surface area (Å²) in [6, 6.07) is 6.98. The highest BCUT2D eigenvalue weighted by molar-refractivity contribution is 5.89. The molecule has 0 aliphatic rings. The van der Waals surface area contributed by atoms with E-state index < -0.39 is 0 Å².